The topological polar surface area (TPSA) is 237 Å². The van der Waals surface area contributed by atoms with E-state index in [0.717, 1.165) is 199 Å². The Balaban J connectivity index is 5.36. The number of esters is 4. The Bertz CT molecular complexity index is 2480. The lowest BCUT2D eigenvalue weighted by atomic mass is 10.0. The van der Waals surface area contributed by atoms with Gasteiger partial charge in [-0.15, -0.1) is 0 Å². The number of unbranched alkanes of at least 4 members (excludes halogenated alkanes) is 32. The number of aliphatic hydroxyl groups excluding tert-OH is 1. The molecule has 0 aromatic carbocycles. The molecule has 0 rings (SSSR count). The van der Waals surface area contributed by atoms with Crippen LogP contribution in [0.25, 0.3) is 0 Å². The Hall–Kier alpha value is -4.54. The molecule has 0 aromatic rings. The van der Waals surface area contributed by atoms with Crippen molar-refractivity contribution in [3.8, 4) is 0 Å². The second kappa shape index (κ2) is 78.6. The molecular formula is C87H150O17P2. The summed E-state index contributed by atoms with van der Waals surface area (Å²) in [5.41, 5.74) is 0. The molecule has 0 aromatic heterocycles. The van der Waals surface area contributed by atoms with Crippen molar-refractivity contribution in [2.45, 2.75) is 367 Å². The molecule has 0 fully saturated rings. The molecule has 610 valence electrons. The molecule has 0 bridgehead atoms. The van der Waals surface area contributed by atoms with Crippen LogP contribution in [0.4, 0.5) is 0 Å². The minimum atomic E-state index is -4.99. The van der Waals surface area contributed by atoms with Gasteiger partial charge in [0.2, 0.25) is 0 Å². The molecule has 0 spiro atoms. The van der Waals surface area contributed by atoms with Gasteiger partial charge in [-0.25, -0.2) is 9.13 Å². The summed E-state index contributed by atoms with van der Waals surface area (Å²) >= 11 is 0. The molecule has 0 aliphatic heterocycles. The highest BCUT2D eigenvalue weighted by Crippen LogP contribution is 2.45. The van der Waals surface area contributed by atoms with Crippen LogP contribution in [0.5, 0.6) is 0 Å². The van der Waals surface area contributed by atoms with Gasteiger partial charge < -0.3 is 33.8 Å². The van der Waals surface area contributed by atoms with Crippen LogP contribution in [0.2, 0.25) is 0 Å². The molecule has 0 heterocycles. The number of allylic oxidation sites excluding steroid dienone is 20. The number of ether oxygens (including phenoxy) is 4. The molecule has 0 aliphatic rings. The van der Waals surface area contributed by atoms with Gasteiger partial charge in [0.25, 0.3) is 0 Å². The number of rotatable bonds is 78. The quantitative estimate of drug-likeness (QED) is 0.0169. The molecular weight excluding hydrogens is 1380 g/mol. The second-order valence-corrected chi connectivity index (χ2v) is 30.6. The van der Waals surface area contributed by atoms with Gasteiger partial charge in [-0.1, -0.05) is 310 Å². The van der Waals surface area contributed by atoms with E-state index in [0.29, 0.717) is 25.7 Å². The number of phosphoric acid groups is 2. The molecule has 0 saturated carbocycles. The minimum Gasteiger partial charge on any atom is -0.462 e. The number of carbonyl (C=O) groups is 4. The summed E-state index contributed by atoms with van der Waals surface area (Å²) in [5, 5.41) is 10.7. The van der Waals surface area contributed by atoms with E-state index in [-0.39, 0.29) is 25.7 Å². The first kappa shape index (κ1) is 101. The molecule has 0 amide bonds. The van der Waals surface area contributed by atoms with Gasteiger partial charge in [0.15, 0.2) is 12.2 Å². The lowest BCUT2D eigenvalue weighted by Crippen LogP contribution is -2.30. The summed E-state index contributed by atoms with van der Waals surface area (Å²) in [7, 11) is -9.97. The normalized spacial score (nSPS) is 14.4. The van der Waals surface area contributed by atoms with E-state index in [2.05, 4.69) is 149 Å². The number of hydrogen-bond acceptors (Lipinski definition) is 15. The average Bonchev–Trinajstić information content (AvgIpc) is 0.933. The zero-order chi connectivity index (χ0) is 77.4. The van der Waals surface area contributed by atoms with Gasteiger partial charge in [-0.2, -0.15) is 0 Å². The van der Waals surface area contributed by atoms with Crippen molar-refractivity contribution in [3.05, 3.63) is 122 Å². The summed E-state index contributed by atoms with van der Waals surface area (Å²) in [6.45, 7) is 4.62. The van der Waals surface area contributed by atoms with E-state index in [1.165, 1.54) is 70.6 Å². The molecule has 17 nitrogen and oxygen atoms in total. The Morgan fingerprint density at radius 2 is 0.491 bits per heavy atom. The van der Waals surface area contributed by atoms with Crippen molar-refractivity contribution in [1.29, 1.82) is 0 Å². The van der Waals surface area contributed by atoms with Crippen LogP contribution >= 0.6 is 15.6 Å². The molecule has 106 heavy (non-hydrogen) atoms. The van der Waals surface area contributed by atoms with E-state index in [9.17, 15) is 43.2 Å². The van der Waals surface area contributed by atoms with Gasteiger partial charge in [-0.05, 0) is 135 Å². The standard InChI is InChI=1S/C87H150O17P2/c1-5-9-13-17-21-25-29-33-36-38-40-42-45-48-51-55-59-63-67-71-84(89)97-77-82(103-86(91)73-69-65-61-57-53-47-32-28-24-20-16-12-8-4)79-101-105(93,94)99-75-81(88)76-100-106(95,96)102-80-83(104-87(92)74-70-66-62-58-54-50-44-35-31-27-23-19-15-11-7-3)78-98-85(90)72-68-64-60-56-52-49-46-43-41-39-37-34-30-26-22-18-14-10-6-2/h10-11,14-15,21-23,25-27,33-37,40-44,81-83,88H,5-9,12-13,16-20,24,28-32,38-39,45-80H2,1-4H3,(H,93,94)(H,95,96)/b14-10-,15-11-,25-21-,26-22-,27-23-,36-33-,37-34-,42-40-,43-41-,44-35-. The van der Waals surface area contributed by atoms with Crippen molar-refractivity contribution < 1.29 is 80.2 Å². The summed E-state index contributed by atoms with van der Waals surface area (Å²) < 4.78 is 68.7. The van der Waals surface area contributed by atoms with Crippen molar-refractivity contribution in [3.63, 3.8) is 0 Å². The van der Waals surface area contributed by atoms with Crippen LogP contribution in [0, 0.1) is 0 Å². The summed E-state index contributed by atoms with van der Waals surface area (Å²) in [6.07, 6.45) is 87.3. The Morgan fingerprint density at radius 3 is 0.774 bits per heavy atom. The smallest absolute Gasteiger partial charge is 0.462 e. The molecule has 0 aliphatic carbocycles. The fraction of sp³-hybridized carbons (Fsp3) is 0.724. The lowest BCUT2D eigenvalue weighted by molar-refractivity contribution is -0.161. The molecule has 0 radical (unpaired) electrons. The van der Waals surface area contributed by atoms with Crippen molar-refractivity contribution >= 4 is 39.5 Å². The molecule has 5 unspecified atom stereocenters. The summed E-state index contributed by atoms with van der Waals surface area (Å²) in [4.78, 5) is 73.2. The van der Waals surface area contributed by atoms with Crippen LogP contribution in [0.3, 0.4) is 0 Å². The third-order valence-corrected chi connectivity index (χ3v) is 19.3. The fourth-order valence-corrected chi connectivity index (χ4v) is 12.7. The Labute approximate surface area is 644 Å². The third-order valence-electron chi connectivity index (χ3n) is 17.4. The zero-order valence-corrected chi connectivity index (χ0v) is 68.6. The van der Waals surface area contributed by atoms with Crippen LogP contribution in [-0.4, -0.2) is 96.7 Å². The van der Waals surface area contributed by atoms with Crippen molar-refractivity contribution in [2.24, 2.45) is 0 Å². The van der Waals surface area contributed by atoms with Gasteiger partial charge in [0.1, 0.15) is 19.3 Å². The predicted octanol–water partition coefficient (Wildman–Crippen LogP) is 24.7. The minimum absolute atomic E-state index is 0.0703. The van der Waals surface area contributed by atoms with E-state index >= 15 is 0 Å². The van der Waals surface area contributed by atoms with Crippen LogP contribution in [-0.2, 0) is 65.4 Å². The highest BCUT2D eigenvalue weighted by atomic mass is 31.2. The first-order valence-electron chi connectivity index (χ1n) is 41.8. The Kier molecular flexibility index (Phi) is 75.2. The number of aliphatic hydroxyl groups is 1. The SMILES string of the molecule is CC/C=C\C/C=C\C/C=C\C/C=C\CCCCCCCCC(=O)OCC(COP(=O)(O)OCC(O)COP(=O)(O)OCC(COC(=O)CCCCCCCC/C=C\C/C=C\C/C=C\CCCCC)OC(=O)CCCCCCCCCCCCCCC)OC(=O)CCCCCCC/C=C\C/C=C\C/C=C\CC. The average molecular weight is 1530 g/mol. The largest absolute Gasteiger partial charge is 0.472 e. The molecule has 5 atom stereocenters. The van der Waals surface area contributed by atoms with E-state index < -0.39 is 97.5 Å². The summed E-state index contributed by atoms with van der Waals surface area (Å²) in [5.74, 6) is -2.21. The van der Waals surface area contributed by atoms with Crippen LogP contribution < -0.4 is 0 Å². The maximum atomic E-state index is 13.1. The van der Waals surface area contributed by atoms with Crippen molar-refractivity contribution in [2.75, 3.05) is 39.6 Å². The first-order chi connectivity index (χ1) is 51.7. The van der Waals surface area contributed by atoms with Gasteiger partial charge in [0.05, 0.1) is 26.4 Å². The molecule has 0 saturated heterocycles. The van der Waals surface area contributed by atoms with Gasteiger partial charge >= 0.3 is 39.5 Å². The number of hydrogen-bond donors (Lipinski definition) is 3. The van der Waals surface area contributed by atoms with E-state index in [1.807, 2.05) is 0 Å². The second-order valence-electron chi connectivity index (χ2n) is 27.7. The highest BCUT2D eigenvalue weighted by Gasteiger charge is 2.30. The van der Waals surface area contributed by atoms with E-state index in [4.69, 9.17) is 37.0 Å². The number of carbonyl (C=O) groups excluding carboxylic acids is 4. The lowest BCUT2D eigenvalue weighted by Gasteiger charge is -2.21. The van der Waals surface area contributed by atoms with E-state index in [1.54, 1.807) is 0 Å². The van der Waals surface area contributed by atoms with Gasteiger partial charge in [0, 0.05) is 25.7 Å². The molecule has 3 N–H and O–H groups in total. The third kappa shape index (κ3) is 77.6. The van der Waals surface area contributed by atoms with Crippen LogP contribution in [0.1, 0.15) is 349 Å². The molecule has 19 heteroatoms. The fourth-order valence-electron chi connectivity index (χ4n) is 11.1. The number of phosphoric ester groups is 2. The maximum Gasteiger partial charge on any atom is 0.472 e. The predicted molar refractivity (Wildman–Crippen MR) is 436 cm³/mol. The first-order valence-corrected chi connectivity index (χ1v) is 44.8. The van der Waals surface area contributed by atoms with Crippen molar-refractivity contribution in [1.82, 2.24) is 0 Å². The van der Waals surface area contributed by atoms with Gasteiger partial charge in [-0.3, -0.25) is 37.3 Å². The zero-order valence-electron chi connectivity index (χ0n) is 66.8. The van der Waals surface area contributed by atoms with Crippen LogP contribution in [0.15, 0.2) is 122 Å². The monoisotopic (exact) mass is 1530 g/mol. The highest BCUT2D eigenvalue weighted by molar-refractivity contribution is 7.47. The summed E-state index contributed by atoms with van der Waals surface area (Å²) in [6, 6.07) is 0. The Morgan fingerprint density at radius 1 is 0.274 bits per heavy atom. The maximum absolute atomic E-state index is 13.1.